The maximum absolute atomic E-state index is 14.1. The van der Waals surface area contributed by atoms with Crippen molar-refractivity contribution >= 4 is 9.84 Å². The molecule has 2 heterocycles. The van der Waals surface area contributed by atoms with E-state index >= 15 is 0 Å². The first-order chi connectivity index (χ1) is 19.7. The Bertz CT molecular complexity index is 1820. The summed E-state index contributed by atoms with van der Waals surface area (Å²) in [4.78, 5) is 21.0. The van der Waals surface area contributed by atoms with E-state index < -0.39 is 38.2 Å². The average Bonchev–Trinajstić information content (AvgIpc) is 3.80. The van der Waals surface area contributed by atoms with Gasteiger partial charge in [0.05, 0.1) is 22.6 Å². The van der Waals surface area contributed by atoms with Crippen molar-refractivity contribution in [3.8, 4) is 23.1 Å². The van der Waals surface area contributed by atoms with Gasteiger partial charge in [-0.05, 0) is 79.1 Å². The van der Waals surface area contributed by atoms with Crippen LogP contribution in [0.15, 0.2) is 75.4 Å². The molecule has 0 amide bonds. The summed E-state index contributed by atoms with van der Waals surface area (Å²) in [7, 11) is -4.50. The number of hydrogen-bond acceptors (Lipinski definition) is 7. The molecule has 10 heteroatoms. The van der Waals surface area contributed by atoms with Crippen LogP contribution in [0.5, 0.6) is 5.88 Å². The van der Waals surface area contributed by atoms with Crippen molar-refractivity contribution in [2.24, 2.45) is 5.92 Å². The lowest BCUT2D eigenvalue weighted by molar-refractivity contribution is 0.399. The van der Waals surface area contributed by atoms with Crippen molar-refractivity contribution in [3.63, 3.8) is 0 Å². The van der Waals surface area contributed by atoms with Gasteiger partial charge in [0.1, 0.15) is 5.82 Å². The average molecular weight is 573 g/mol. The van der Waals surface area contributed by atoms with Gasteiger partial charge in [0.2, 0.25) is 21.7 Å². The second-order valence-corrected chi connectivity index (χ2v) is 12.2. The van der Waals surface area contributed by atoms with Gasteiger partial charge in [-0.3, -0.25) is 9.36 Å². The predicted octanol–water partition coefficient (Wildman–Crippen LogP) is 5.50. The van der Waals surface area contributed by atoms with Crippen LogP contribution < -0.4 is 5.56 Å². The first kappa shape index (κ1) is 28.2. The maximum atomic E-state index is 14.1. The number of aromatic hydroxyl groups is 1. The number of sulfone groups is 1. The summed E-state index contributed by atoms with van der Waals surface area (Å²) >= 11 is 0. The highest BCUT2D eigenvalue weighted by atomic mass is 32.2. The van der Waals surface area contributed by atoms with Crippen LogP contribution in [0.25, 0.3) is 11.1 Å². The van der Waals surface area contributed by atoms with E-state index in [2.05, 4.69) is 16.0 Å². The Morgan fingerprint density at radius 1 is 1.17 bits per heavy atom. The van der Waals surface area contributed by atoms with Crippen molar-refractivity contribution in [1.82, 2.24) is 14.5 Å². The molecule has 1 fully saturated rings. The Hall–Kier alpha value is -4.36. The molecule has 1 aliphatic carbocycles. The lowest BCUT2D eigenvalue weighted by atomic mass is 9.99. The number of halogens is 1. The molecule has 0 saturated heterocycles. The fourth-order valence-corrected chi connectivity index (χ4v) is 6.52. The number of unbranched alkanes of at least 4 members (excludes halogenated alkanes) is 1. The molecule has 1 saturated carbocycles. The lowest BCUT2D eigenvalue weighted by Crippen LogP contribution is -2.34. The van der Waals surface area contributed by atoms with Gasteiger partial charge in [0.25, 0.3) is 5.56 Å². The minimum absolute atomic E-state index is 0.0622. The maximum Gasteiger partial charge on any atom is 0.277 e. The van der Waals surface area contributed by atoms with E-state index in [4.69, 9.17) is 0 Å². The van der Waals surface area contributed by atoms with Gasteiger partial charge in [-0.1, -0.05) is 37.6 Å². The van der Waals surface area contributed by atoms with Crippen LogP contribution in [0.1, 0.15) is 61.2 Å². The Balaban J connectivity index is 1.66. The quantitative estimate of drug-likeness (QED) is 0.262. The first-order valence-corrected chi connectivity index (χ1v) is 15.0. The van der Waals surface area contributed by atoms with Crippen LogP contribution in [0.3, 0.4) is 0 Å². The monoisotopic (exact) mass is 572 g/mol. The molecule has 0 radical (unpaired) electrons. The predicted molar refractivity (Wildman–Crippen MR) is 151 cm³/mol. The number of rotatable bonds is 9. The molecule has 8 nitrogen and oxygen atoms in total. The highest BCUT2D eigenvalue weighted by Crippen LogP contribution is 2.44. The van der Waals surface area contributed by atoms with Crippen LogP contribution in [0, 0.1) is 30.1 Å². The molecule has 4 aromatic rings. The summed E-state index contributed by atoms with van der Waals surface area (Å²) in [5.41, 5.74) is 1.75. The van der Waals surface area contributed by atoms with Gasteiger partial charge in [0, 0.05) is 18.2 Å². The van der Waals surface area contributed by atoms with Gasteiger partial charge in [-0.2, -0.15) is 14.6 Å². The molecule has 2 aromatic heterocycles. The highest BCUT2D eigenvalue weighted by Gasteiger charge is 2.38. The van der Waals surface area contributed by atoms with Gasteiger partial charge in [-0.25, -0.2) is 13.4 Å². The van der Waals surface area contributed by atoms with Crippen molar-refractivity contribution in [3.05, 3.63) is 99.6 Å². The van der Waals surface area contributed by atoms with Crippen molar-refractivity contribution < 1.29 is 17.9 Å². The van der Waals surface area contributed by atoms with Gasteiger partial charge in [0.15, 0.2) is 4.90 Å². The third kappa shape index (κ3) is 5.37. The number of benzene rings is 2. The lowest BCUT2D eigenvalue weighted by Gasteiger charge is -2.24. The number of hydrogen-bond donors (Lipinski definition) is 1. The zero-order valence-corrected chi connectivity index (χ0v) is 23.5. The molecule has 1 unspecified atom stereocenters. The van der Waals surface area contributed by atoms with Crippen molar-refractivity contribution in [1.29, 1.82) is 5.26 Å². The second kappa shape index (κ2) is 11.3. The molecule has 210 valence electrons. The Labute approximate surface area is 237 Å². The van der Waals surface area contributed by atoms with E-state index in [0.717, 1.165) is 19.3 Å². The molecule has 5 rings (SSSR count). The molecular formula is C31H29FN4O4S. The fourth-order valence-electron chi connectivity index (χ4n) is 5.17. The second-order valence-electron chi connectivity index (χ2n) is 10.3. The third-order valence-corrected chi connectivity index (χ3v) is 9.26. The normalized spacial score (nSPS) is 14.0. The number of pyridine rings is 1. The highest BCUT2D eigenvalue weighted by molar-refractivity contribution is 7.91. The summed E-state index contributed by atoms with van der Waals surface area (Å²) < 4.78 is 43.1. The number of nitrogens with zero attached hydrogens (tertiary/aromatic N) is 4. The molecule has 1 aliphatic rings. The minimum atomic E-state index is -4.50. The van der Waals surface area contributed by atoms with E-state index in [0.29, 0.717) is 46.5 Å². The zero-order chi connectivity index (χ0) is 29.3. The number of aromatic nitrogens is 3. The van der Waals surface area contributed by atoms with E-state index in [1.807, 2.05) is 13.0 Å². The summed E-state index contributed by atoms with van der Waals surface area (Å²) in [5, 5.41) is 20.3. The molecular weight excluding hydrogens is 543 g/mol. The number of aryl methyl sites for hydroxylation is 1. The standard InChI is InChI=1S/C31H29FN4O4S/c1-3-4-8-26-35-30(37)28(31(38)36(26)27(22-9-10-22)23-7-5-6-20(17-23)18-33)41(39,40)24-13-11-21(12-14-24)25-15-16-34-29(32)19(25)2/h5-7,11-17,22,27,37H,3-4,8-10H2,1-2H3. The van der Waals surface area contributed by atoms with E-state index in [-0.39, 0.29) is 10.8 Å². The Kier molecular flexibility index (Phi) is 7.74. The summed E-state index contributed by atoms with van der Waals surface area (Å²) in [6.45, 7) is 3.57. The van der Waals surface area contributed by atoms with Crippen molar-refractivity contribution in [2.75, 3.05) is 0 Å². The number of nitriles is 1. The summed E-state index contributed by atoms with van der Waals surface area (Å²) in [6.07, 6.45) is 4.86. The molecule has 1 atom stereocenters. The van der Waals surface area contributed by atoms with E-state index in [1.165, 1.54) is 35.0 Å². The zero-order valence-electron chi connectivity index (χ0n) is 22.7. The van der Waals surface area contributed by atoms with Crippen LogP contribution in [0.2, 0.25) is 0 Å². The smallest absolute Gasteiger partial charge is 0.277 e. The van der Waals surface area contributed by atoms with Gasteiger partial charge >= 0.3 is 0 Å². The summed E-state index contributed by atoms with van der Waals surface area (Å²) in [5.74, 6) is -1.09. The van der Waals surface area contributed by atoms with Crippen LogP contribution in [0.4, 0.5) is 4.39 Å². The van der Waals surface area contributed by atoms with E-state index in [1.54, 1.807) is 31.2 Å². The summed E-state index contributed by atoms with van der Waals surface area (Å²) in [6, 6.07) is 15.9. The largest absolute Gasteiger partial charge is 0.492 e. The van der Waals surface area contributed by atoms with Crippen molar-refractivity contribution in [2.45, 2.75) is 61.8 Å². The van der Waals surface area contributed by atoms with Crippen LogP contribution in [-0.4, -0.2) is 28.1 Å². The molecule has 41 heavy (non-hydrogen) atoms. The fraction of sp³-hybridized carbons (Fsp3) is 0.290. The molecule has 1 N–H and O–H groups in total. The molecule has 2 aromatic carbocycles. The van der Waals surface area contributed by atoms with Crippen LogP contribution in [-0.2, 0) is 16.3 Å². The molecule has 0 spiro atoms. The third-order valence-electron chi connectivity index (χ3n) is 7.47. The van der Waals surface area contributed by atoms with E-state index in [9.17, 15) is 28.0 Å². The molecule has 0 bridgehead atoms. The Morgan fingerprint density at radius 3 is 2.56 bits per heavy atom. The first-order valence-electron chi connectivity index (χ1n) is 13.5. The molecule has 0 aliphatic heterocycles. The van der Waals surface area contributed by atoms with Gasteiger partial charge < -0.3 is 5.11 Å². The SMILES string of the molecule is CCCCc1nc(O)c(S(=O)(=O)c2ccc(-c3ccnc(F)c3C)cc2)c(=O)n1C(c1cccc(C#N)c1)C1CC1. The van der Waals surface area contributed by atoms with Gasteiger partial charge in [-0.15, -0.1) is 0 Å². The van der Waals surface area contributed by atoms with Crippen LogP contribution >= 0.6 is 0 Å². The minimum Gasteiger partial charge on any atom is -0.492 e. The topological polar surface area (TPSA) is 126 Å². The Morgan fingerprint density at radius 2 is 1.90 bits per heavy atom.